The van der Waals surface area contributed by atoms with Gasteiger partial charge in [0.1, 0.15) is 11.3 Å². The monoisotopic (exact) mass is 253 g/mol. The van der Waals surface area contributed by atoms with Crippen LogP contribution in [0.2, 0.25) is 0 Å². The van der Waals surface area contributed by atoms with E-state index < -0.39 is 0 Å². The van der Waals surface area contributed by atoms with Gasteiger partial charge < -0.3 is 9.32 Å². The zero-order valence-corrected chi connectivity index (χ0v) is 11.2. The zero-order valence-electron chi connectivity index (χ0n) is 11.2. The van der Waals surface area contributed by atoms with Crippen LogP contribution in [0.4, 0.5) is 5.82 Å². The molecule has 0 saturated heterocycles. The van der Waals surface area contributed by atoms with Gasteiger partial charge in [-0.2, -0.15) is 0 Å². The van der Waals surface area contributed by atoms with Crippen molar-refractivity contribution in [1.29, 1.82) is 0 Å². The lowest BCUT2D eigenvalue weighted by atomic mass is 10.2. The fraction of sp³-hybridized carbons (Fsp3) is 0.200. The maximum absolute atomic E-state index is 5.82. The lowest BCUT2D eigenvalue weighted by Gasteiger charge is -2.10. The molecule has 0 aliphatic heterocycles. The Bertz CT molecular complexity index is 714. The Labute approximate surface area is 111 Å². The fourth-order valence-electron chi connectivity index (χ4n) is 1.99. The van der Waals surface area contributed by atoms with Crippen molar-refractivity contribution in [2.45, 2.75) is 6.92 Å². The highest BCUT2D eigenvalue weighted by atomic mass is 16.3. The molecule has 1 aromatic carbocycles. The number of aryl methyl sites for hydroxylation is 1. The smallest absolute Gasteiger partial charge is 0.228 e. The van der Waals surface area contributed by atoms with E-state index in [-0.39, 0.29) is 0 Å². The predicted molar refractivity (Wildman–Crippen MR) is 76.3 cm³/mol. The van der Waals surface area contributed by atoms with Gasteiger partial charge in [0.2, 0.25) is 5.89 Å². The van der Waals surface area contributed by atoms with E-state index in [9.17, 15) is 0 Å². The van der Waals surface area contributed by atoms with Crippen molar-refractivity contribution in [1.82, 2.24) is 9.97 Å². The number of benzene rings is 1. The maximum Gasteiger partial charge on any atom is 0.228 e. The molecule has 0 N–H and O–H groups in total. The summed E-state index contributed by atoms with van der Waals surface area (Å²) in [5.74, 6) is 1.53. The second-order valence-electron chi connectivity index (χ2n) is 4.74. The Balaban J connectivity index is 2.06. The molecule has 0 unspecified atom stereocenters. The quantitative estimate of drug-likeness (QED) is 0.703. The number of para-hydroxylation sites is 1. The highest BCUT2D eigenvalue weighted by Crippen LogP contribution is 2.26. The highest BCUT2D eigenvalue weighted by Gasteiger charge is 2.10. The van der Waals surface area contributed by atoms with Crippen molar-refractivity contribution in [3.05, 3.63) is 42.1 Å². The summed E-state index contributed by atoms with van der Waals surface area (Å²) in [5.41, 5.74) is 3.70. The molecule has 3 aromatic rings. The molecule has 4 nitrogen and oxygen atoms in total. The molecule has 19 heavy (non-hydrogen) atoms. The van der Waals surface area contributed by atoms with E-state index >= 15 is 0 Å². The number of pyridine rings is 1. The fourth-order valence-corrected chi connectivity index (χ4v) is 1.99. The number of anilines is 1. The van der Waals surface area contributed by atoms with E-state index in [0.717, 1.165) is 28.0 Å². The van der Waals surface area contributed by atoms with Gasteiger partial charge in [0.05, 0.1) is 5.56 Å². The normalized spacial score (nSPS) is 10.9. The minimum atomic E-state index is 0.613. The van der Waals surface area contributed by atoms with Crippen molar-refractivity contribution in [3.8, 4) is 11.5 Å². The summed E-state index contributed by atoms with van der Waals surface area (Å²) >= 11 is 0. The van der Waals surface area contributed by atoms with Crippen molar-refractivity contribution in [2.24, 2.45) is 0 Å². The van der Waals surface area contributed by atoms with E-state index in [0.29, 0.717) is 5.89 Å². The number of aromatic nitrogens is 2. The SMILES string of the molecule is Cc1cccc2nc(-c3ccc(N(C)C)nc3)oc12. The van der Waals surface area contributed by atoms with E-state index in [1.165, 1.54) is 0 Å². The molecule has 96 valence electrons. The summed E-state index contributed by atoms with van der Waals surface area (Å²) in [6, 6.07) is 9.89. The van der Waals surface area contributed by atoms with Crippen molar-refractivity contribution in [3.63, 3.8) is 0 Å². The zero-order chi connectivity index (χ0) is 13.4. The first-order valence-corrected chi connectivity index (χ1v) is 6.15. The van der Waals surface area contributed by atoms with Gasteiger partial charge in [0.15, 0.2) is 5.58 Å². The Morgan fingerprint density at radius 2 is 1.95 bits per heavy atom. The number of nitrogens with zero attached hydrogens (tertiary/aromatic N) is 3. The first kappa shape index (κ1) is 11.7. The van der Waals surface area contributed by atoms with Gasteiger partial charge in [0, 0.05) is 20.3 Å². The minimum absolute atomic E-state index is 0.613. The third kappa shape index (κ3) is 2.05. The van der Waals surface area contributed by atoms with Crippen LogP contribution in [0.5, 0.6) is 0 Å². The van der Waals surface area contributed by atoms with Crippen molar-refractivity contribution >= 4 is 16.9 Å². The second kappa shape index (κ2) is 4.39. The summed E-state index contributed by atoms with van der Waals surface area (Å²) in [5, 5.41) is 0. The van der Waals surface area contributed by atoms with Gasteiger partial charge in [-0.25, -0.2) is 9.97 Å². The number of rotatable bonds is 2. The standard InChI is InChI=1S/C15H15N3O/c1-10-5-4-6-12-14(10)19-15(17-12)11-7-8-13(16-9-11)18(2)3/h4-9H,1-3H3. The van der Waals surface area contributed by atoms with Crippen LogP contribution >= 0.6 is 0 Å². The minimum Gasteiger partial charge on any atom is -0.436 e. The van der Waals surface area contributed by atoms with E-state index in [1.54, 1.807) is 6.20 Å². The summed E-state index contributed by atoms with van der Waals surface area (Å²) < 4.78 is 5.82. The number of oxazole rings is 1. The maximum atomic E-state index is 5.82. The molecular weight excluding hydrogens is 238 g/mol. The molecule has 2 aromatic heterocycles. The first-order chi connectivity index (χ1) is 9.15. The molecule has 0 aliphatic rings. The molecule has 0 aliphatic carbocycles. The van der Waals surface area contributed by atoms with E-state index in [1.807, 2.05) is 56.3 Å². The molecule has 0 radical (unpaired) electrons. The van der Waals surface area contributed by atoms with Gasteiger partial charge in [-0.3, -0.25) is 0 Å². The molecule has 3 rings (SSSR count). The number of fused-ring (bicyclic) bond motifs is 1. The van der Waals surface area contributed by atoms with Crippen LogP contribution in [0.1, 0.15) is 5.56 Å². The average molecular weight is 253 g/mol. The van der Waals surface area contributed by atoms with Gasteiger partial charge in [-0.1, -0.05) is 12.1 Å². The van der Waals surface area contributed by atoms with Crippen LogP contribution in [0, 0.1) is 6.92 Å². The molecule has 0 spiro atoms. The highest BCUT2D eigenvalue weighted by molar-refractivity contribution is 5.79. The largest absolute Gasteiger partial charge is 0.436 e. The molecule has 2 heterocycles. The Hall–Kier alpha value is -2.36. The van der Waals surface area contributed by atoms with Crippen molar-refractivity contribution in [2.75, 3.05) is 19.0 Å². The molecular formula is C15H15N3O. The molecule has 4 heteroatoms. The molecule has 0 saturated carbocycles. The summed E-state index contributed by atoms with van der Waals surface area (Å²) in [7, 11) is 3.93. The van der Waals surface area contributed by atoms with E-state index in [4.69, 9.17) is 4.42 Å². The van der Waals surface area contributed by atoms with Gasteiger partial charge in [-0.15, -0.1) is 0 Å². The van der Waals surface area contributed by atoms with Crippen molar-refractivity contribution < 1.29 is 4.42 Å². The first-order valence-electron chi connectivity index (χ1n) is 6.15. The van der Waals surface area contributed by atoms with E-state index in [2.05, 4.69) is 9.97 Å². The van der Waals surface area contributed by atoms with Crippen LogP contribution in [-0.4, -0.2) is 24.1 Å². The summed E-state index contributed by atoms with van der Waals surface area (Å²) in [6.07, 6.45) is 1.79. The molecule has 0 bridgehead atoms. The lowest BCUT2D eigenvalue weighted by Crippen LogP contribution is -2.09. The topological polar surface area (TPSA) is 42.2 Å². The third-order valence-corrected chi connectivity index (χ3v) is 3.06. The molecule has 0 atom stereocenters. The summed E-state index contributed by atoms with van der Waals surface area (Å²) in [4.78, 5) is 10.8. The number of hydrogen-bond donors (Lipinski definition) is 0. The van der Waals surface area contributed by atoms with Crippen LogP contribution < -0.4 is 4.90 Å². The van der Waals surface area contributed by atoms with Gasteiger partial charge in [0.25, 0.3) is 0 Å². The predicted octanol–water partition coefficient (Wildman–Crippen LogP) is 3.26. The Morgan fingerprint density at radius 3 is 2.58 bits per heavy atom. The van der Waals surface area contributed by atoms with Crippen LogP contribution in [0.25, 0.3) is 22.6 Å². The van der Waals surface area contributed by atoms with Crippen LogP contribution in [-0.2, 0) is 0 Å². The Kier molecular flexibility index (Phi) is 2.71. The van der Waals surface area contributed by atoms with Gasteiger partial charge >= 0.3 is 0 Å². The third-order valence-electron chi connectivity index (χ3n) is 3.06. The van der Waals surface area contributed by atoms with Crippen LogP contribution in [0.3, 0.4) is 0 Å². The average Bonchev–Trinajstić information content (AvgIpc) is 2.84. The summed E-state index contributed by atoms with van der Waals surface area (Å²) in [6.45, 7) is 2.02. The number of hydrogen-bond acceptors (Lipinski definition) is 4. The lowest BCUT2D eigenvalue weighted by molar-refractivity contribution is 0.617. The van der Waals surface area contributed by atoms with Crippen LogP contribution in [0.15, 0.2) is 40.9 Å². The molecule has 0 amide bonds. The second-order valence-corrected chi connectivity index (χ2v) is 4.74. The Morgan fingerprint density at radius 1 is 1.11 bits per heavy atom. The van der Waals surface area contributed by atoms with Gasteiger partial charge in [-0.05, 0) is 30.7 Å². The molecule has 0 fully saturated rings.